The van der Waals surface area contributed by atoms with Gasteiger partial charge in [-0.3, -0.25) is 4.68 Å². The lowest BCUT2D eigenvalue weighted by Crippen LogP contribution is -2.21. The van der Waals surface area contributed by atoms with Crippen molar-refractivity contribution in [2.45, 2.75) is 53.8 Å². The molecule has 0 bridgehead atoms. The minimum Gasteiger partial charge on any atom is -0.362 e. The van der Waals surface area contributed by atoms with Gasteiger partial charge in [-0.15, -0.1) is 11.3 Å². The number of thiazole rings is 1. The first-order valence-corrected chi connectivity index (χ1v) is 12.4. The molecular formula is C28H30N4S. The molecule has 168 valence electrons. The Balaban J connectivity index is 1.51. The fraction of sp³-hybridized carbons (Fsp3) is 0.286. The van der Waals surface area contributed by atoms with E-state index in [-0.39, 0.29) is 0 Å². The Hall–Kier alpha value is -3.18. The molecule has 1 aliphatic rings. The van der Waals surface area contributed by atoms with E-state index in [0.29, 0.717) is 0 Å². The molecule has 2 aromatic carbocycles. The van der Waals surface area contributed by atoms with E-state index >= 15 is 0 Å². The van der Waals surface area contributed by atoms with E-state index in [1.807, 2.05) is 11.3 Å². The lowest BCUT2D eigenvalue weighted by Gasteiger charge is -2.22. The molecule has 0 amide bonds. The minimum absolute atomic E-state index is 0.747. The second-order valence-corrected chi connectivity index (χ2v) is 10.1. The van der Waals surface area contributed by atoms with Crippen molar-refractivity contribution in [2.24, 2.45) is 0 Å². The van der Waals surface area contributed by atoms with Crippen LogP contribution in [0.4, 0.5) is 0 Å². The van der Waals surface area contributed by atoms with E-state index < -0.39 is 0 Å². The molecule has 3 heterocycles. The maximum atomic E-state index is 5.11. The molecule has 5 heteroatoms. The highest BCUT2D eigenvalue weighted by molar-refractivity contribution is 7.11. The van der Waals surface area contributed by atoms with Crippen LogP contribution in [-0.4, -0.2) is 19.7 Å². The van der Waals surface area contributed by atoms with Gasteiger partial charge in [0, 0.05) is 16.1 Å². The molecule has 0 atom stereocenters. The van der Waals surface area contributed by atoms with Crippen LogP contribution in [0.25, 0.3) is 22.5 Å². The fourth-order valence-corrected chi connectivity index (χ4v) is 5.44. The number of benzene rings is 2. The molecule has 2 aromatic heterocycles. The van der Waals surface area contributed by atoms with Crippen LogP contribution in [0.2, 0.25) is 0 Å². The number of hydrogen-bond donors (Lipinski definition) is 0. The normalized spacial score (nSPS) is 13.6. The largest absolute Gasteiger partial charge is 0.362 e. The monoisotopic (exact) mass is 454 g/mol. The first-order valence-electron chi connectivity index (χ1n) is 11.6. The highest BCUT2D eigenvalue weighted by Crippen LogP contribution is 2.33. The Labute approximate surface area is 200 Å². The van der Waals surface area contributed by atoms with E-state index in [2.05, 4.69) is 97.9 Å². The van der Waals surface area contributed by atoms with Crippen molar-refractivity contribution in [1.29, 1.82) is 0 Å². The Morgan fingerprint density at radius 3 is 2.52 bits per heavy atom. The van der Waals surface area contributed by atoms with Crippen molar-refractivity contribution >= 4 is 11.3 Å². The van der Waals surface area contributed by atoms with Gasteiger partial charge in [0.05, 0.1) is 41.7 Å². The first kappa shape index (κ1) is 21.7. The van der Waals surface area contributed by atoms with Crippen molar-refractivity contribution in [3.63, 3.8) is 0 Å². The average Bonchev–Trinajstić information content (AvgIpc) is 3.49. The van der Waals surface area contributed by atoms with Gasteiger partial charge in [0.1, 0.15) is 0 Å². The van der Waals surface area contributed by atoms with Crippen LogP contribution in [0.15, 0.2) is 66.4 Å². The molecule has 4 nitrogen and oxygen atoms in total. The van der Waals surface area contributed by atoms with Crippen LogP contribution >= 0.6 is 11.3 Å². The molecular weight excluding hydrogens is 424 g/mol. The van der Waals surface area contributed by atoms with E-state index in [9.17, 15) is 0 Å². The third-order valence-corrected chi connectivity index (χ3v) is 7.37. The van der Waals surface area contributed by atoms with Crippen LogP contribution in [0.3, 0.4) is 0 Å². The fourth-order valence-electron chi connectivity index (χ4n) is 4.48. The molecule has 0 radical (unpaired) electrons. The molecule has 0 aliphatic carbocycles. The zero-order valence-corrected chi connectivity index (χ0v) is 20.6. The van der Waals surface area contributed by atoms with E-state index in [1.165, 1.54) is 33.0 Å². The van der Waals surface area contributed by atoms with Gasteiger partial charge < -0.3 is 4.90 Å². The van der Waals surface area contributed by atoms with E-state index in [0.717, 1.165) is 48.0 Å². The van der Waals surface area contributed by atoms with Gasteiger partial charge in [-0.2, -0.15) is 5.10 Å². The zero-order chi connectivity index (χ0) is 22.9. The van der Waals surface area contributed by atoms with Gasteiger partial charge in [0.2, 0.25) is 0 Å². The third kappa shape index (κ3) is 4.38. The SMILES string of the molecule is CCC=C(Cn1nc(-c2ccc(C)c(C)c2)cc1-c1ccccc1)N1Cc2nc(C)sc2C1. The van der Waals surface area contributed by atoms with Gasteiger partial charge >= 0.3 is 0 Å². The van der Waals surface area contributed by atoms with Gasteiger partial charge in [-0.25, -0.2) is 4.98 Å². The molecule has 5 rings (SSSR count). The Bertz CT molecular complexity index is 1290. The zero-order valence-electron chi connectivity index (χ0n) is 19.8. The molecule has 0 unspecified atom stereocenters. The standard InChI is InChI=1S/C28H30N4S/c1-5-9-24(31-17-26-28(18-31)33-21(4)29-26)16-32-27(22-10-7-6-8-11-22)15-25(30-32)23-13-12-19(2)20(3)14-23/h6-15H,5,16-18H2,1-4H3. The lowest BCUT2D eigenvalue weighted by molar-refractivity contribution is 0.334. The number of aryl methyl sites for hydroxylation is 3. The van der Waals surface area contributed by atoms with Crippen molar-refractivity contribution < 1.29 is 0 Å². The van der Waals surface area contributed by atoms with Gasteiger partial charge in [0.15, 0.2) is 0 Å². The van der Waals surface area contributed by atoms with Crippen LogP contribution < -0.4 is 0 Å². The Morgan fingerprint density at radius 1 is 0.970 bits per heavy atom. The topological polar surface area (TPSA) is 34.0 Å². The molecule has 0 spiro atoms. The van der Waals surface area contributed by atoms with Crippen LogP contribution in [0, 0.1) is 20.8 Å². The number of allylic oxidation sites excluding steroid dienone is 2. The average molecular weight is 455 g/mol. The third-order valence-electron chi connectivity index (χ3n) is 6.37. The highest BCUT2D eigenvalue weighted by Gasteiger charge is 2.25. The number of nitrogens with zero attached hydrogens (tertiary/aromatic N) is 4. The summed E-state index contributed by atoms with van der Waals surface area (Å²) in [5, 5.41) is 6.27. The molecule has 0 N–H and O–H groups in total. The van der Waals surface area contributed by atoms with E-state index in [4.69, 9.17) is 10.1 Å². The summed E-state index contributed by atoms with van der Waals surface area (Å²) in [7, 11) is 0. The smallest absolute Gasteiger partial charge is 0.0930 e. The van der Waals surface area contributed by atoms with Crippen LogP contribution in [0.5, 0.6) is 0 Å². The molecule has 0 fully saturated rings. The number of aromatic nitrogens is 3. The van der Waals surface area contributed by atoms with E-state index in [1.54, 1.807) is 0 Å². The van der Waals surface area contributed by atoms with Crippen molar-refractivity contribution in [2.75, 3.05) is 0 Å². The molecule has 0 saturated carbocycles. The Kier molecular flexibility index (Phi) is 5.90. The highest BCUT2D eigenvalue weighted by atomic mass is 32.1. The maximum absolute atomic E-state index is 5.11. The number of hydrogen-bond acceptors (Lipinski definition) is 4. The Morgan fingerprint density at radius 2 is 1.79 bits per heavy atom. The molecule has 4 aromatic rings. The summed E-state index contributed by atoms with van der Waals surface area (Å²) in [6.45, 7) is 11.2. The summed E-state index contributed by atoms with van der Waals surface area (Å²) in [5.41, 5.74) is 9.67. The van der Waals surface area contributed by atoms with Gasteiger partial charge in [-0.05, 0) is 56.0 Å². The summed E-state index contributed by atoms with van der Waals surface area (Å²) in [6, 6.07) is 19.4. The van der Waals surface area contributed by atoms with Gasteiger partial charge in [-0.1, -0.05) is 55.5 Å². The van der Waals surface area contributed by atoms with Crippen LogP contribution in [-0.2, 0) is 19.6 Å². The predicted octanol–water partition coefficient (Wildman–Crippen LogP) is 6.91. The summed E-state index contributed by atoms with van der Waals surface area (Å²) < 4.78 is 2.17. The molecule has 33 heavy (non-hydrogen) atoms. The van der Waals surface area contributed by atoms with Crippen molar-refractivity contribution in [3.8, 4) is 22.5 Å². The summed E-state index contributed by atoms with van der Waals surface area (Å²) in [4.78, 5) is 8.60. The molecule has 1 aliphatic heterocycles. The number of rotatable bonds is 6. The maximum Gasteiger partial charge on any atom is 0.0930 e. The quantitative estimate of drug-likeness (QED) is 0.317. The van der Waals surface area contributed by atoms with Crippen LogP contribution in [0.1, 0.15) is 40.1 Å². The lowest BCUT2D eigenvalue weighted by atomic mass is 10.0. The summed E-state index contributed by atoms with van der Waals surface area (Å²) in [5.74, 6) is 0. The number of fused-ring (bicyclic) bond motifs is 1. The minimum atomic E-state index is 0.747. The predicted molar refractivity (Wildman–Crippen MR) is 137 cm³/mol. The summed E-state index contributed by atoms with van der Waals surface area (Å²) >= 11 is 1.82. The first-order chi connectivity index (χ1) is 16.0. The van der Waals surface area contributed by atoms with Gasteiger partial charge in [0.25, 0.3) is 0 Å². The van der Waals surface area contributed by atoms with Crippen molar-refractivity contribution in [1.82, 2.24) is 19.7 Å². The second-order valence-electron chi connectivity index (χ2n) is 8.80. The van der Waals surface area contributed by atoms with Crippen molar-refractivity contribution in [3.05, 3.63) is 93.1 Å². The summed E-state index contributed by atoms with van der Waals surface area (Å²) in [6.07, 6.45) is 3.34. The second kappa shape index (κ2) is 8.99. The molecule has 0 saturated heterocycles.